The number of nitrogens with zero attached hydrogens (tertiary/aromatic N) is 1. The summed E-state index contributed by atoms with van der Waals surface area (Å²) in [5.74, 6) is 0. The minimum Gasteiger partial charge on any atom is -0.361 e. The van der Waals surface area contributed by atoms with Crippen LogP contribution in [-0.2, 0) is 0 Å². The lowest BCUT2D eigenvalue weighted by molar-refractivity contribution is 1.12. The molecule has 0 spiro atoms. The number of anilines is 1. The van der Waals surface area contributed by atoms with E-state index in [0.29, 0.717) is 0 Å². The van der Waals surface area contributed by atoms with Gasteiger partial charge in [0.25, 0.3) is 0 Å². The number of nitrogens with one attached hydrogen (secondary N) is 1. The molecule has 2 nitrogen and oxygen atoms in total. The van der Waals surface area contributed by atoms with Crippen molar-refractivity contribution in [3.8, 4) is 28.1 Å². The molecule has 3 heterocycles. The van der Waals surface area contributed by atoms with Gasteiger partial charge in [-0.3, -0.25) is 0 Å². The fourth-order valence-electron chi connectivity index (χ4n) is 7.48. The van der Waals surface area contributed by atoms with Crippen LogP contribution in [-0.4, -0.2) is 4.57 Å². The number of thiophene rings is 1. The van der Waals surface area contributed by atoms with E-state index >= 15 is 0 Å². The monoisotopic (exact) mass is 710 g/mol. The molecule has 0 saturated heterocycles. The molecule has 0 aliphatic carbocycles. The summed E-state index contributed by atoms with van der Waals surface area (Å²) in [5, 5.41) is 6.16. The first kappa shape index (κ1) is 33.2. The second kappa shape index (κ2) is 14.4. The van der Waals surface area contributed by atoms with Crippen LogP contribution < -0.4 is 5.32 Å². The second-order valence-corrected chi connectivity index (χ2v) is 14.6. The van der Waals surface area contributed by atoms with Gasteiger partial charge in [0, 0.05) is 43.4 Å². The van der Waals surface area contributed by atoms with Gasteiger partial charge in [-0.05, 0) is 94.4 Å². The van der Waals surface area contributed by atoms with Crippen molar-refractivity contribution in [1.29, 1.82) is 0 Å². The molecule has 0 unspecified atom stereocenters. The average molecular weight is 711 g/mol. The molecule has 258 valence electrons. The lowest BCUT2D eigenvalue weighted by Gasteiger charge is -2.17. The van der Waals surface area contributed by atoms with Gasteiger partial charge in [-0.15, -0.1) is 11.3 Å². The summed E-state index contributed by atoms with van der Waals surface area (Å²) in [6.07, 6.45) is 17.1. The maximum Gasteiger partial charge on any atom is 0.0541 e. The molecule has 0 bridgehead atoms. The number of fused-ring (bicyclic) bond motifs is 5. The maximum atomic E-state index is 3.94. The van der Waals surface area contributed by atoms with Crippen LogP contribution in [0.25, 0.3) is 78.9 Å². The highest BCUT2D eigenvalue weighted by Gasteiger charge is 2.17. The average Bonchev–Trinajstić information content (AvgIpc) is 3.77. The van der Waals surface area contributed by atoms with E-state index in [1.807, 2.05) is 23.5 Å². The summed E-state index contributed by atoms with van der Waals surface area (Å²) < 4.78 is 3.70. The zero-order valence-electron chi connectivity index (χ0n) is 30.0. The smallest absolute Gasteiger partial charge is 0.0541 e. The summed E-state index contributed by atoms with van der Waals surface area (Å²) in [6, 6.07) is 52.4. The van der Waals surface area contributed by atoms with Crippen LogP contribution in [0.15, 0.2) is 177 Å². The maximum absolute atomic E-state index is 3.94. The number of aryl methyl sites for hydroxylation is 1. The summed E-state index contributed by atoms with van der Waals surface area (Å²) in [4.78, 5) is 1.24. The molecule has 1 aliphatic heterocycles. The fourth-order valence-corrected chi connectivity index (χ4v) is 8.57. The number of hydrogen-bond donors (Lipinski definition) is 1. The van der Waals surface area contributed by atoms with Gasteiger partial charge in [-0.2, -0.15) is 0 Å². The molecule has 8 aromatic rings. The topological polar surface area (TPSA) is 17.0 Å². The standard InChI is InChI=1S/C51H38N2S/c1-3-4-19-43-35(2)14-13-21-47(43)53-48(37-17-9-6-10-18-37)34-42-26-24-40(33-49(42)53)39-23-25-41-31-38(36-15-7-5-8-16-36)27-28-51-45(29-30-52-46(41)32-39)44-20-11-12-22-50(44)54-51/h3-34,52H,1H2,2H3/b19-4-,28-27-,30-29+,38-31+. The van der Waals surface area contributed by atoms with Crippen LogP contribution in [0.4, 0.5) is 5.69 Å². The molecule has 1 aliphatic rings. The third kappa shape index (κ3) is 6.25. The van der Waals surface area contributed by atoms with Crippen molar-refractivity contribution in [3.63, 3.8) is 0 Å². The lowest BCUT2D eigenvalue weighted by atomic mass is 9.98. The zero-order valence-corrected chi connectivity index (χ0v) is 30.9. The Morgan fingerprint density at radius 2 is 1.43 bits per heavy atom. The first-order chi connectivity index (χ1) is 26.6. The van der Waals surface area contributed by atoms with Crippen LogP contribution in [0.3, 0.4) is 0 Å². The van der Waals surface area contributed by atoms with E-state index in [2.05, 4.69) is 206 Å². The summed E-state index contributed by atoms with van der Waals surface area (Å²) in [6.45, 7) is 6.12. The van der Waals surface area contributed by atoms with Gasteiger partial charge in [0.15, 0.2) is 0 Å². The van der Waals surface area contributed by atoms with E-state index in [9.17, 15) is 0 Å². The predicted molar refractivity (Wildman–Crippen MR) is 236 cm³/mol. The van der Waals surface area contributed by atoms with Gasteiger partial charge in [0.2, 0.25) is 0 Å². The molecular formula is C51H38N2S. The molecule has 2 aromatic heterocycles. The molecule has 54 heavy (non-hydrogen) atoms. The number of hydrogen-bond acceptors (Lipinski definition) is 2. The zero-order chi connectivity index (χ0) is 36.4. The normalized spacial score (nSPS) is 14.8. The Hall–Kier alpha value is -6.68. The highest BCUT2D eigenvalue weighted by atomic mass is 32.1. The van der Waals surface area contributed by atoms with E-state index < -0.39 is 0 Å². The molecule has 0 radical (unpaired) electrons. The van der Waals surface area contributed by atoms with Crippen LogP contribution in [0.2, 0.25) is 0 Å². The van der Waals surface area contributed by atoms with Crippen molar-refractivity contribution in [3.05, 3.63) is 209 Å². The molecule has 9 rings (SSSR count). The van der Waals surface area contributed by atoms with Crippen LogP contribution in [0, 0.1) is 6.92 Å². The summed E-state index contributed by atoms with van der Waals surface area (Å²) >= 11 is 1.83. The SMILES string of the molecule is C=C/C=C\c1c(C)cccc1-n1c(-c2ccccc2)cc2ccc(-c3ccc4c(c3)N/C=C/c3c(sc5ccccc35)/C=C\C(c3ccccc3)=C/4)cc21. The Balaban J connectivity index is 1.21. The molecule has 0 fully saturated rings. The minimum atomic E-state index is 1.05. The number of rotatable bonds is 6. The number of benzene rings is 6. The third-order valence-corrected chi connectivity index (χ3v) is 11.3. The Bertz CT molecular complexity index is 2810. The lowest BCUT2D eigenvalue weighted by Crippen LogP contribution is -2.01. The Kier molecular flexibility index (Phi) is 8.84. The summed E-state index contributed by atoms with van der Waals surface area (Å²) in [7, 11) is 0. The van der Waals surface area contributed by atoms with E-state index in [1.54, 1.807) is 0 Å². The van der Waals surface area contributed by atoms with Crippen LogP contribution in [0.1, 0.15) is 32.7 Å². The molecule has 3 heteroatoms. The van der Waals surface area contributed by atoms with Gasteiger partial charge in [0.1, 0.15) is 0 Å². The van der Waals surface area contributed by atoms with Crippen molar-refractivity contribution in [1.82, 2.24) is 4.57 Å². The first-order valence-electron chi connectivity index (χ1n) is 18.3. The van der Waals surface area contributed by atoms with Gasteiger partial charge in [0.05, 0.1) is 16.9 Å². The van der Waals surface area contributed by atoms with Gasteiger partial charge < -0.3 is 9.88 Å². The fraction of sp³-hybridized carbons (Fsp3) is 0.0196. The van der Waals surface area contributed by atoms with E-state index in [4.69, 9.17) is 0 Å². The van der Waals surface area contributed by atoms with E-state index in [0.717, 1.165) is 44.8 Å². The largest absolute Gasteiger partial charge is 0.361 e. The predicted octanol–water partition coefficient (Wildman–Crippen LogP) is 14.3. The van der Waals surface area contributed by atoms with Crippen molar-refractivity contribution >= 4 is 67.9 Å². The van der Waals surface area contributed by atoms with Gasteiger partial charge in [-0.1, -0.05) is 146 Å². The Morgan fingerprint density at radius 1 is 0.667 bits per heavy atom. The van der Waals surface area contributed by atoms with Gasteiger partial charge in [-0.25, -0.2) is 0 Å². The number of aromatic nitrogens is 1. The van der Waals surface area contributed by atoms with Crippen molar-refractivity contribution in [2.24, 2.45) is 0 Å². The minimum absolute atomic E-state index is 1.05. The second-order valence-electron chi connectivity index (χ2n) is 13.6. The highest BCUT2D eigenvalue weighted by Crippen LogP contribution is 2.39. The third-order valence-electron chi connectivity index (χ3n) is 10.2. The molecule has 1 N–H and O–H groups in total. The molecular weight excluding hydrogens is 673 g/mol. The van der Waals surface area contributed by atoms with Crippen LogP contribution in [0.5, 0.6) is 0 Å². The van der Waals surface area contributed by atoms with Crippen molar-refractivity contribution in [2.75, 3.05) is 5.32 Å². The van der Waals surface area contributed by atoms with E-state index in [-0.39, 0.29) is 0 Å². The van der Waals surface area contributed by atoms with Crippen molar-refractivity contribution < 1.29 is 0 Å². The molecule has 0 atom stereocenters. The Morgan fingerprint density at radius 3 is 2.26 bits per heavy atom. The molecule has 6 aromatic carbocycles. The summed E-state index contributed by atoms with van der Waals surface area (Å²) in [5.41, 5.74) is 15.0. The molecule has 0 amide bonds. The number of allylic oxidation sites excluding steroid dienone is 4. The quantitative estimate of drug-likeness (QED) is 0.170. The van der Waals surface area contributed by atoms with E-state index in [1.165, 1.54) is 48.2 Å². The van der Waals surface area contributed by atoms with Crippen molar-refractivity contribution in [2.45, 2.75) is 6.92 Å². The molecule has 0 saturated carbocycles. The highest BCUT2D eigenvalue weighted by molar-refractivity contribution is 7.20. The Labute approximate surface area is 320 Å². The first-order valence-corrected chi connectivity index (χ1v) is 19.1. The van der Waals surface area contributed by atoms with Crippen LogP contribution >= 0.6 is 11.3 Å². The van der Waals surface area contributed by atoms with Gasteiger partial charge >= 0.3 is 0 Å².